The van der Waals surface area contributed by atoms with Gasteiger partial charge < -0.3 is 20.1 Å². The number of fused-ring (bicyclic) bond motifs is 1. The number of carbonyl (C=O) groups is 2. The predicted octanol–water partition coefficient (Wildman–Crippen LogP) is 3.81. The number of anilines is 2. The van der Waals surface area contributed by atoms with Crippen LogP contribution in [0.5, 0.6) is 11.5 Å². The number of hydrogen-bond donors (Lipinski definition) is 4. The minimum Gasteiger partial charge on any atom is -0.506 e. The maximum Gasteiger partial charge on any atom is 0.296 e. The number of para-hydroxylation sites is 3. The zero-order chi connectivity index (χ0) is 24.5. The summed E-state index contributed by atoms with van der Waals surface area (Å²) >= 11 is 0. The quantitative estimate of drug-likeness (QED) is 0.181. The number of hydrogen-bond acceptors (Lipinski definition) is 6. The highest BCUT2D eigenvalue weighted by Crippen LogP contribution is 2.30. The first-order valence-corrected chi connectivity index (χ1v) is 11.6. The number of ketones is 1. The van der Waals surface area contributed by atoms with Gasteiger partial charge in [-0.25, -0.2) is 8.42 Å². The van der Waals surface area contributed by atoms with Crippen molar-refractivity contribution in [2.75, 3.05) is 17.1 Å². The summed E-state index contributed by atoms with van der Waals surface area (Å²) in [4.78, 5) is 28.4. The first kappa shape index (κ1) is 22.9. The molecule has 0 saturated heterocycles. The number of aromatic nitrogens is 1. The van der Waals surface area contributed by atoms with Gasteiger partial charge in [0.05, 0.1) is 28.9 Å². The number of carbonyl (C=O) groups excluding carboxylic acids is 2. The summed E-state index contributed by atoms with van der Waals surface area (Å²) in [5.74, 6) is -1.92. The number of phenols is 1. The second-order valence-corrected chi connectivity index (χ2v) is 9.12. The van der Waals surface area contributed by atoms with Crippen LogP contribution < -0.4 is 14.8 Å². The Hall–Kier alpha value is -4.31. The lowest BCUT2D eigenvalue weighted by atomic mass is 10.1. The number of ether oxygens (including phenoxy) is 1. The topological polar surface area (TPSA) is 138 Å². The Morgan fingerprint density at radius 1 is 0.971 bits per heavy atom. The minimum absolute atomic E-state index is 0.203. The van der Waals surface area contributed by atoms with Crippen molar-refractivity contribution >= 4 is 44.0 Å². The molecule has 1 aromatic heterocycles. The van der Waals surface area contributed by atoms with E-state index in [1.807, 2.05) is 0 Å². The Morgan fingerprint density at radius 3 is 2.44 bits per heavy atom. The Balaban J connectivity index is 1.61. The lowest BCUT2D eigenvalue weighted by molar-refractivity contribution is -0.112. The van der Waals surface area contributed by atoms with E-state index in [9.17, 15) is 23.1 Å². The number of benzene rings is 3. The van der Waals surface area contributed by atoms with Gasteiger partial charge in [-0.3, -0.25) is 14.3 Å². The number of phenolic OH excluding ortho intramolecular Hbond substituents is 1. The summed E-state index contributed by atoms with van der Waals surface area (Å²) in [6.45, 7) is 1.68. The van der Waals surface area contributed by atoms with Crippen molar-refractivity contribution in [2.24, 2.45) is 0 Å². The van der Waals surface area contributed by atoms with Gasteiger partial charge in [0.1, 0.15) is 11.5 Å². The molecule has 0 aliphatic carbocycles. The molecule has 4 N–H and O–H groups in total. The molecule has 1 heterocycles. The molecule has 0 fully saturated rings. The van der Waals surface area contributed by atoms with Crippen LogP contribution in [0.15, 0.2) is 71.6 Å². The van der Waals surface area contributed by atoms with Crippen molar-refractivity contribution in [2.45, 2.75) is 11.8 Å². The van der Waals surface area contributed by atoms with E-state index >= 15 is 0 Å². The molecule has 0 spiro atoms. The zero-order valence-electron chi connectivity index (χ0n) is 18.2. The highest BCUT2D eigenvalue weighted by atomic mass is 32.2. The van der Waals surface area contributed by atoms with E-state index in [1.165, 1.54) is 19.2 Å². The summed E-state index contributed by atoms with van der Waals surface area (Å²) in [6.07, 6.45) is 0. The number of aryl methyl sites for hydroxylation is 1. The van der Waals surface area contributed by atoms with Crippen LogP contribution in [0.4, 0.5) is 11.4 Å². The second-order valence-electron chi connectivity index (χ2n) is 7.44. The van der Waals surface area contributed by atoms with Crippen molar-refractivity contribution < 1.29 is 27.9 Å². The van der Waals surface area contributed by atoms with Crippen LogP contribution in [-0.2, 0) is 14.8 Å². The number of H-pyrrole nitrogens is 1. The Labute approximate surface area is 195 Å². The summed E-state index contributed by atoms with van der Waals surface area (Å²) < 4.78 is 33.4. The van der Waals surface area contributed by atoms with Crippen molar-refractivity contribution in [1.29, 1.82) is 0 Å². The highest BCUT2D eigenvalue weighted by Gasteiger charge is 2.25. The molecule has 1 amide bonds. The van der Waals surface area contributed by atoms with E-state index < -0.39 is 27.5 Å². The molecule has 174 valence electrons. The second kappa shape index (κ2) is 8.91. The first-order valence-electron chi connectivity index (χ1n) is 10.1. The number of nitrogens with one attached hydrogen (secondary N) is 3. The van der Waals surface area contributed by atoms with Crippen LogP contribution in [0.1, 0.15) is 16.1 Å². The largest absolute Gasteiger partial charge is 0.506 e. The number of methoxy groups -OCH3 is 1. The fourth-order valence-corrected chi connectivity index (χ4v) is 4.67. The Morgan fingerprint density at radius 2 is 1.68 bits per heavy atom. The Bertz CT molecular complexity index is 1530. The van der Waals surface area contributed by atoms with Gasteiger partial charge in [-0.1, -0.05) is 30.3 Å². The minimum atomic E-state index is -4.10. The average Bonchev–Trinajstić information content (AvgIpc) is 3.15. The normalized spacial score (nSPS) is 11.2. The van der Waals surface area contributed by atoms with Crippen LogP contribution in [0.3, 0.4) is 0 Å². The van der Waals surface area contributed by atoms with Gasteiger partial charge in [0, 0.05) is 16.6 Å². The van der Waals surface area contributed by atoms with E-state index in [2.05, 4.69) is 15.0 Å². The molecule has 4 rings (SSSR count). The molecule has 0 saturated carbocycles. The molecule has 0 aliphatic rings. The van der Waals surface area contributed by atoms with Gasteiger partial charge >= 0.3 is 0 Å². The molecule has 34 heavy (non-hydrogen) atoms. The van der Waals surface area contributed by atoms with Gasteiger partial charge in [-0.2, -0.15) is 0 Å². The van der Waals surface area contributed by atoms with Crippen LogP contribution in [0.2, 0.25) is 0 Å². The number of sulfonamides is 1. The third kappa shape index (κ3) is 4.30. The molecule has 9 nitrogen and oxygen atoms in total. The van der Waals surface area contributed by atoms with E-state index in [0.717, 1.165) is 12.1 Å². The molecular weight excluding hydrogens is 458 g/mol. The maximum atomic E-state index is 12.9. The van der Waals surface area contributed by atoms with Gasteiger partial charge in [0.2, 0.25) is 0 Å². The standard InChI is InChI=1S/C24H21N3O6S/c1-14-22(16-7-3-4-8-17(16)25-14)23(29)24(30)26-19-13-15(11-12-20(19)28)34(31,32)27-18-9-5-6-10-21(18)33-2/h3-13,25,27-28H,1-2H3,(H,26,30). The molecule has 0 radical (unpaired) electrons. The van der Waals surface area contributed by atoms with Crippen LogP contribution in [-0.4, -0.2) is 37.3 Å². The van der Waals surface area contributed by atoms with Crippen molar-refractivity contribution in [3.63, 3.8) is 0 Å². The average molecular weight is 480 g/mol. The molecule has 10 heteroatoms. The first-order chi connectivity index (χ1) is 16.2. The summed E-state index contributed by atoms with van der Waals surface area (Å²) in [5.41, 5.74) is 1.42. The van der Waals surface area contributed by atoms with Crippen molar-refractivity contribution in [1.82, 2.24) is 4.98 Å². The molecule has 4 aromatic rings. The van der Waals surface area contributed by atoms with Crippen LogP contribution >= 0.6 is 0 Å². The third-order valence-electron chi connectivity index (χ3n) is 5.20. The van der Waals surface area contributed by atoms with Gasteiger partial charge in [-0.05, 0) is 43.3 Å². The number of amides is 1. The van der Waals surface area contributed by atoms with E-state index in [4.69, 9.17) is 4.74 Å². The predicted molar refractivity (Wildman–Crippen MR) is 128 cm³/mol. The summed E-state index contributed by atoms with van der Waals surface area (Å²) in [5, 5.41) is 13.1. The fourth-order valence-electron chi connectivity index (χ4n) is 3.58. The number of aromatic hydroxyl groups is 1. The lowest BCUT2D eigenvalue weighted by Gasteiger charge is -2.13. The molecule has 0 atom stereocenters. The number of Topliss-reactive ketones (excluding diaryl/α,β-unsaturated/α-hetero) is 1. The molecular formula is C24H21N3O6S. The van der Waals surface area contributed by atoms with E-state index in [-0.39, 0.29) is 21.8 Å². The SMILES string of the molecule is COc1ccccc1NS(=O)(=O)c1ccc(O)c(NC(=O)C(=O)c2c(C)[nH]c3ccccc23)c1. The lowest BCUT2D eigenvalue weighted by Crippen LogP contribution is -2.23. The monoisotopic (exact) mass is 479 g/mol. The highest BCUT2D eigenvalue weighted by molar-refractivity contribution is 7.92. The van der Waals surface area contributed by atoms with Crippen LogP contribution in [0.25, 0.3) is 10.9 Å². The van der Waals surface area contributed by atoms with Gasteiger partial charge in [-0.15, -0.1) is 0 Å². The number of rotatable bonds is 7. The Kier molecular flexibility index (Phi) is 5.99. The molecule has 0 aliphatic heterocycles. The smallest absolute Gasteiger partial charge is 0.296 e. The molecule has 0 unspecified atom stereocenters. The van der Waals surface area contributed by atoms with Crippen LogP contribution in [0, 0.1) is 6.92 Å². The van der Waals surface area contributed by atoms with Gasteiger partial charge in [0.15, 0.2) is 0 Å². The third-order valence-corrected chi connectivity index (χ3v) is 6.57. The molecule has 0 bridgehead atoms. The fraction of sp³-hybridized carbons (Fsp3) is 0.0833. The van der Waals surface area contributed by atoms with E-state index in [1.54, 1.807) is 49.4 Å². The summed E-state index contributed by atoms with van der Waals surface area (Å²) in [7, 11) is -2.69. The van der Waals surface area contributed by atoms with Gasteiger partial charge in [0.25, 0.3) is 21.7 Å². The van der Waals surface area contributed by atoms with Crippen molar-refractivity contribution in [3.8, 4) is 11.5 Å². The molecule has 3 aromatic carbocycles. The van der Waals surface area contributed by atoms with Crippen molar-refractivity contribution in [3.05, 3.63) is 78.0 Å². The zero-order valence-corrected chi connectivity index (χ0v) is 19.1. The number of aromatic amines is 1. The maximum absolute atomic E-state index is 12.9. The van der Waals surface area contributed by atoms with E-state index in [0.29, 0.717) is 22.3 Å². The summed E-state index contributed by atoms with van der Waals surface area (Å²) in [6, 6.07) is 16.9.